The second-order valence-corrected chi connectivity index (χ2v) is 3.87. The molecule has 2 N–H and O–H groups in total. The van der Waals surface area contributed by atoms with Gasteiger partial charge in [0.05, 0.1) is 12.2 Å². The Bertz CT molecular complexity index is 259. The van der Waals surface area contributed by atoms with Crippen molar-refractivity contribution in [1.82, 2.24) is 15.0 Å². The molecule has 0 fully saturated rings. The molecule has 13 heavy (non-hydrogen) atoms. The van der Waals surface area contributed by atoms with Gasteiger partial charge >= 0.3 is 0 Å². The third kappa shape index (κ3) is 2.62. The van der Waals surface area contributed by atoms with Crippen molar-refractivity contribution in [1.29, 1.82) is 0 Å². The molecule has 1 aromatic rings. The van der Waals surface area contributed by atoms with Crippen LogP contribution < -0.4 is 5.73 Å². The molecule has 0 aromatic carbocycles. The Morgan fingerprint density at radius 3 is 2.92 bits per heavy atom. The SMILES string of the molecule is CCCc1c(N)nnn1CCSC. The smallest absolute Gasteiger partial charge is 0.169 e. The van der Waals surface area contributed by atoms with Crippen LogP contribution in [0.4, 0.5) is 5.82 Å². The fraction of sp³-hybridized carbons (Fsp3) is 0.750. The summed E-state index contributed by atoms with van der Waals surface area (Å²) in [6, 6.07) is 0. The summed E-state index contributed by atoms with van der Waals surface area (Å²) in [5.74, 6) is 1.64. The summed E-state index contributed by atoms with van der Waals surface area (Å²) in [4.78, 5) is 0. The van der Waals surface area contributed by atoms with Crippen molar-refractivity contribution in [2.24, 2.45) is 0 Å². The molecule has 0 spiro atoms. The predicted molar refractivity (Wildman–Crippen MR) is 56.8 cm³/mol. The second kappa shape index (κ2) is 5.11. The van der Waals surface area contributed by atoms with Gasteiger partial charge in [-0.25, -0.2) is 4.68 Å². The van der Waals surface area contributed by atoms with Crippen molar-refractivity contribution >= 4 is 17.6 Å². The van der Waals surface area contributed by atoms with Crippen molar-refractivity contribution in [2.45, 2.75) is 26.3 Å². The van der Waals surface area contributed by atoms with Gasteiger partial charge in [-0.1, -0.05) is 18.6 Å². The Kier molecular flexibility index (Phi) is 4.08. The minimum Gasteiger partial charge on any atom is -0.381 e. The van der Waals surface area contributed by atoms with Crippen LogP contribution in [0.15, 0.2) is 0 Å². The first-order chi connectivity index (χ1) is 6.29. The van der Waals surface area contributed by atoms with Crippen molar-refractivity contribution in [2.75, 3.05) is 17.7 Å². The second-order valence-electron chi connectivity index (χ2n) is 2.89. The van der Waals surface area contributed by atoms with E-state index < -0.39 is 0 Å². The summed E-state index contributed by atoms with van der Waals surface area (Å²) < 4.78 is 1.91. The summed E-state index contributed by atoms with van der Waals surface area (Å²) in [7, 11) is 0. The van der Waals surface area contributed by atoms with E-state index in [1.807, 2.05) is 4.68 Å². The Morgan fingerprint density at radius 1 is 1.54 bits per heavy atom. The lowest BCUT2D eigenvalue weighted by Gasteiger charge is -2.03. The maximum Gasteiger partial charge on any atom is 0.169 e. The topological polar surface area (TPSA) is 56.7 Å². The first kappa shape index (κ1) is 10.4. The van der Waals surface area contributed by atoms with Gasteiger partial charge in [-0.15, -0.1) is 5.10 Å². The van der Waals surface area contributed by atoms with E-state index in [1.54, 1.807) is 11.8 Å². The highest BCUT2D eigenvalue weighted by molar-refractivity contribution is 7.98. The Labute approximate surface area is 82.9 Å². The molecule has 4 nitrogen and oxygen atoms in total. The third-order valence-corrected chi connectivity index (χ3v) is 2.45. The van der Waals surface area contributed by atoms with E-state index in [4.69, 9.17) is 5.73 Å². The molecule has 0 aliphatic carbocycles. The lowest BCUT2D eigenvalue weighted by molar-refractivity contribution is 0.598. The molecule has 0 aliphatic rings. The number of nitrogens with two attached hydrogens (primary N) is 1. The van der Waals surface area contributed by atoms with Crippen molar-refractivity contribution in [3.05, 3.63) is 5.69 Å². The molecule has 0 atom stereocenters. The number of anilines is 1. The Morgan fingerprint density at radius 2 is 2.31 bits per heavy atom. The highest BCUT2D eigenvalue weighted by Crippen LogP contribution is 2.10. The van der Waals surface area contributed by atoms with Crippen LogP contribution in [0.2, 0.25) is 0 Å². The molecule has 0 unspecified atom stereocenters. The molecule has 0 radical (unpaired) electrons. The van der Waals surface area contributed by atoms with Gasteiger partial charge in [0, 0.05) is 5.75 Å². The monoisotopic (exact) mass is 200 g/mol. The van der Waals surface area contributed by atoms with Crippen molar-refractivity contribution in [3.63, 3.8) is 0 Å². The zero-order valence-corrected chi connectivity index (χ0v) is 8.97. The lowest BCUT2D eigenvalue weighted by atomic mass is 10.2. The molecule has 1 rings (SSSR count). The molecule has 0 saturated heterocycles. The quantitative estimate of drug-likeness (QED) is 0.775. The maximum absolute atomic E-state index is 5.70. The van der Waals surface area contributed by atoms with Gasteiger partial charge in [0.2, 0.25) is 0 Å². The van der Waals surface area contributed by atoms with Gasteiger partial charge in [0.25, 0.3) is 0 Å². The van der Waals surface area contributed by atoms with Crippen LogP contribution in [0.5, 0.6) is 0 Å². The van der Waals surface area contributed by atoms with Gasteiger partial charge in [0.1, 0.15) is 0 Å². The minimum atomic E-state index is 0.586. The van der Waals surface area contributed by atoms with E-state index >= 15 is 0 Å². The fourth-order valence-corrected chi connectivity index (χ4v) is 1.55. The zero-order chi connectivity index (χ0) is 9.68. The van der Waals surface area contributed by atoms with E-state index in [0.717, 1.165) is 30.8 Å². The minimum absolute atomic E-state index is 0.586. The largest absolute Gasteiger partial charge is 0.381 e. The van der Waals surface area contributed by atoms with Gasteiger partial charge in [-0.3, -0.25) is 0 Å². The molecule has 0 bridgehead atoms. The standard InChI is InChI=1S/C8H16N4S/c1-3-4-7-8(9)10-11-12(7)5-6-13-2/h3-6,9H2,1-2H3. The van der Waals surface area contributed by atoms with E-state index in [0.29, 0.717) is 5.82 Å². The fourth-order valence-electron chi connectivity index (χ4n) is 1.20. The van der Waals surface area contributed by atoms with Gasteiger partial charge < -0.3 is 5.73 Å². The normalized spacial score (nSPS) is 10.6. The predicted octanol–water partition coefficient (Wildman–Crippen LogP) is 1.18. The number of hydrogen-bond acceptors (Lipinski definition) is 4. The number of aryl methyl sites for hydroxylation is 1. The first-order valence-corrected chi connectivity index (χ1v) is 5.85. The molecule has 1 aromatic heterocycles. The van der Waals surface area contributed by atoms with Crippen molar-refractivity contribution in [3.8, 4) is 0 Å². The highest BCUT2D eigenvalue weighted by Gasteiger charge is 2.07. The van der Waals surface area contributed by atoms with E-state index in [1.165, 1.54) is 0 Å². The van der Waals surface area contributed by atoms with Gasteiger partial charge in [-0.05, 0) is 12.7 Å². The summed E-state index contributed by atoms with van der Waals surface area (Å²) in [5, 5.41) is 7.87. The van der Waals surface area contributed by atoms with Crippen LogP contribution in [0.25, 0.3) is 0 Å². The van der Waals surface area contributed by atoms with E-state index in [2.05, 4.69) is 23.5 Å². The number of nitrogens with zero attached hydrogens (tertiary/aromatic N) is 3. The van der Waals surface area contributed by atoms with Crippen LogP contribution in [-0.4, -0.2) is 27.0 Å². The molecule has 0 saturated carbocycles. The van der Waals surface area contributed by atoms with Crippen LogP contribution in [0.3, 0.4) is 0 Å². The summed E-state index contributed by atoms with van der Waals surface area (Å²) in [5.41, 5.74) is 6.78. The van der Waals surface area contributed by atoms with E-state index in [-0.39, 0.29) is 0 Å². The molecule has 0 aliphatic heterocycles. The van der Waals surface area contributed by atoms with Gasteiger partial charge in [-0.2, -0.15) is 11.8 Å². The molecule has 5 heteroatoms. The number of thioether (sulfide) groups is 1. The van der Waals surface area contributed by atoms with Crippen LogP contribution in [-0.2, 0) is 13.0 Å². The lowest BCUT2D eigenvalue weighted by Crippen LogP contribution is -2.07. The van der Waals surface area contributed by atoms with Gasteiger partial charge in [0.15, 0.2) is 5.82 Å². The van der Waals surface area contributed by atoms with Crippen LogP contribution >= 0.6 is 11.8 Å². The summed E-state index contributed by atoms with van der Waals surface area (Å²) >= 11 is 1.80. The molecular weight excluding hydrogens is 184 g/mol. The Balaban J connectivity index is 2.68. The van der Waals surface area contributed by atoms with Crippen LogP contribution in [0, 0.1) is 0 Å². The number of hydrogen-bond donors (Lipinski definition) is 1. The molecule has 1 heterocycles. The zero-order valence-electron chi connectivity index (χ0n) is 8.16. The van der Waals surface area contributed by atoms with E-state index in [9.17, 15) is 0 Å². The maximum atomic E-state index is 5.70. The van der Waals surface area contributed by atoms with Crippen LogP contribution in [0.1, 0.15) is 19.0 Å². The average Bonchev–Trinajstić information content (AvgIpc) is 2.46. The first-order valence-electron chi connectivity index (χ1n) is 4.46. The summed E-state index contributed by atoms with van der Waals surface area (Å²) in [6.07, 6.45) is 4.13. The molecular formula is C8H16N4S. The average molecular weight is 200 g/mol. The highest BCUT2D eigenvalue weighted by atomic mass is 32.2. The number of nitrogen functional groups attached to an aromatic ring is 1. The summed E-state index contributed by atoms with van der Waals surface area (Å²) in [6.45, 7) is 3.03. The number of rotatable bonds is 5. The molecule has 74 valence electrons. The Hall–Kier alpha value is -0.710. The third-order valence-electron chi connectivity index (χ3n) is 1.86. The van der Waals surface area contributed by atoms with Crippen molar-refractivity contribution < 1.29 is 0 Å². The number of aromatic nitrogens is 3. The molecule has 0 amide bonds.